The van der Waals surface area contributed by atoms with E-state index in [0.29, 0.717) is 35.0 Å². The maximum atomic E-state index is 11.7. The molecule has 0 spiro atoms. The van der Waals surface area contributed by atoms with Gasteiger partial charge < -0.3 is 23.7 Å². The van der Waals surface area contributed by atoms with Crippen LogP contribution in [-0.2, 0) is 25.5 Å². The third-order valence-electron chi connectivity index (χ3n) is 3.41. The Balaban J connectivity index is 3.52. The number of rotatable bonds is 10. The summed E-state index contributed by atoms with van der Waals surface area (Å²) in [6.45, 7) is 4.09. The number of allylic oxidation sites excluding steroid dienone is 1. The van der Waals surface area contributed by atoms with Gasteiger partial charge >= 0.3 is 5.97 Å². The molecule has 7 heteroatoms. The summed E-state index contributed by atoms with van der Waals surface area (Å²) in [5.41, 5.74) is 1.19. The van der Waals surface area contributed by atoms with Gasteiger partial charge in [-0.2, -0.15) is 0 Å². The van der Waals surface area contributed by atoms with Crippen molar-refractivity contribution in [1.82, 2.24) is 0 Å². The van der Waals surface area contributed by atoms with E-state index in [4.69, 9.17) is 23.7 Å². The standard InChI is InChI=1S/C19H24O7/c1-6-25-14(12-20)10-13-11-16(22-3)19(24-5)18(23-4)15(13)8-9-17(21)26-7-2/h8-9,11H,6-7,10H2,1-5H3. The molecule has 0 aromatic heterocycles. The SMILES string of the molecule is CCOC(=O)C=Cc1c(CC(=C=O)OCC)cc(OC)c(OC)c1OC. The Labute approximate surface area is 153 Å². The first kappa shape index (κ1) is 21.1. The van der Waals surface area contributed by atoms with Gasteiger partial charge in [-0.3, -0.25) is 0 Å². The number of esters is 1. The van der Waals surface area contributed by atoms with E-state index < -0.39 is 5.97 Å². The average molecular weight is 364 g/mol. The van der Waals surface area contributed by atoms with Crippen LogP contribution in [0.25, 0.3) is 6.08 Å². The molecule has 0 N–H and O–H groups in total. The maximum absolute atomic E-state index is 11.7. The van der Waals surface area contributed by atoms with Crippen molar-refractivity contribution in [2.45, 2.75) is 20.3 Å². The Morgan fingerprint density at radius 3 is 2.19 bits per heavy atom. The number of methoxy groups -OCH3 is 3. The number of hydrogen-bond acceptors (Lipinski definition) is 7. The van der Waals surface area contributed by atoms with E-state index in [1.54, 1.807) is 31.9 Å². The lowest BCUT2D eigenvalue weighted by Gasteiger charge is -2.18. The van der Waals surface area contributed by atoms with Gasteiger partial charge in [0, 0.05) is 18.1 Å². The number of hydrogen-bond donors (Lipinski definition) is 0. The topological polar surface area (TPSA) is 80.3 Å². The first-order chi connectivity index (χ1) is 12.6. The van der Waals surface area contributed by atoms with Crippen LogP contribution in [0, 0.1) is 0 Å². The van der Waals surface area contributed by atoms with Gasteiger partial charge in [0.25, 0.3) is 0 Å². The van der Waals surface area contributed by atoms with Gasteiger partial charge in [0.05, 0.1) is 34.5 Å². The van der Waals surface area contributed by atoms with Crippen molar-refractivity contribution in [1.29, 1.82) is 0 Å². The predicted molar refractivity (Wildman–Crippen MR) is 96.3 cm³/mol. The van der Waals surface area contributed by atoms with Crippen LogP contribution >= 0.6 is 0 Å². The highest BCUT2D eigenvalue weighted by Crippen LogP contribution is 2.43. The third-order valence-corrected chi connectivity index (χ3v) is 3.41. The third kappa shape index (κ3) is 5.29. The summed E-state index contributed by atoms with van der Waals surface area (Å²) in [5.74, 6) is 2.58. The van der Waals surface area contributed by atoms with Crippen molar-refractivity contribution in [3.05, 3.63) is 29.0 Å². The summed E-state index contributed by atoms with van der Waals surface area (Å²) in [6, 6.07) is 1.70. The Kier molecular flexibility index (Phi) is 8.81. The summed E-state index contributed by atoms with van der Waals surface area (Å²) < 4.78 is 26.4. The van der Waals surface area contributed by atoms with Crippen LogP contribution in [-0.4, -0.2) is 46.5 Å². The first-order valence-corrected chi connectivity index (χ1v) is 8.09. The second-order valence-electron chi connectivity index (χ2n) is 4.94. The Morgan fingerprint density at radius 1 is 1.04 bits per heavy atom. The van der Waals surface area contributed by atoms with Crippen molar-refractivity contribution >= 4 is 18.0 Å². The van der Waals surface area contributed by atoms with Gasteiger partial charge in [0.2, 0.25) is 5.75 Å². The van der Waals surface area contributed by atoms with Crippen molar-refractivity contribution in [3.8, 4) is 17.2 Å². The normalized spacial score (nSPS) is 10.2. The maximum Gasteiger partial charge on any atom is 0.330 e. The molecular weight excluding hydrogens is 340 g/mol. The predicted octanol–water partition coefficient (Wildman–Crippen LogP) is 2.58. The van der Waals surface area contributed by atoms with E-state index in [9.17, 15) is 9.59 Å². The molecule has 0 saturated carbocycles. The van der Waals surface area contributed by atoms with E-state index in [-0.39, 0.29) is 18.8 Å². The minimum Gasteiger partial charge on any atom is -0.493 e. The van der Waals surface area contributed by atoms with E-state index >= 15 is 0 Å². The van der Waals surface area contributed by atoms with Crippen LogP contribution in [0.3, 0.4) is 0 Å². The Morgan fingerprint density at radius 2 is 1.69 bits per heavy atom. The summed E-state index contributed by atoms with van der Waals surface area (Å²) in [6.07, 6.45) is 2.97. The van der Waals surface area contributed by atoms with Crippen LogP contribution < -0.4 is 14.2 Å². The van der Waals surface area contributed by atoms with Crippen molar-refractivity contribution in [2.24, 2.45) is 0 Å². The summed E-state index contributed by atoms with van der Waals surface area (Å²) >= 11 is 0. The van der Waals surface area contributed by atoms with Crippen LogP contribution in [0.15, 0.2) is 17.9 Å². The van der Waals surface area contributed by atoms with Gasteiger partial charge in [-0.05, 0) is 31.6 Å². The van der Waals surface area contributed by atoms with Gasteiger partial charge in [-0.1, -0.05) is 0 Å². The van der Waals surface area contributed by atoms with Crippen molar-refractivity contribution in [3.63, 3.8) is 0 Å². The molecule has 1 aromatic rings. The first-order valence-electron chi connectivity index (χ1n) is 8.09. The minimum atomic E-state index is -0.494. The second-order valence-corrected chi connectivity index (χ2v) is 4.94. The quantitative estimate of drug-likeness (QED) is 0.273. The number of benzene rings is 1. The summed E-state index contributed by atoms with van der Waals surface area (Å²) in [4.78, 5) is 22.8. The monoisotopic (exact) mass is 364 g/mol. The molecular formula is C19H24O7. The zero-order valence-corrected chi connectivity index (χ0v) is 15.7. The van der Waals surface area contributed by atoms with E-state index in [1.807, 2.05) is 0 Å². The highest BCUT2D eigenvalue weighted by molar-refractivity contribution is 5.88. The van der Waals surface area contributed by atoms with Crippen LogP contribution in [0.5, 0.6) is 17.2 Å². The van der Waals surface area contributed by atoms with Gasteiger partial charge in [0.15, 0.2) is 23.2 Å². The summed E-state index contributed by atoms with van der Waals surface area (Å²) in [5, 5.41) is 0. The molecule has 26 heavy (non-hydrogen) atoms. The molecule has 7 nitrogen and oxygen atoms in total. The van der Waals surface area contributed by atoms with Gasteiger partial charge in [-0.15, -0.1) is 0 Å². The molecule has 0 heterocycles. The highest BCUT2D eigenvalue weighted by atomic mass is 16.5. The zero-order chi connectivity index (χ0) is 19.5. The molecule has 142 valence electrons. The minimum absolute atomic E-state index is 0.132. The lowest BCUT2D eigenvalue weighted by Crippen LogP contribution is -2.05. The van der Waals surface area contributed by atoms with Gasteiger partial charge in [-0.25, -0.2) is 9.59 Å². The van der Waals surface area contributed by atoms with Crippen LogP contribution in [0.1, 0.15) is 25.0 Å². The van der Waals surface area contributed by atoms with E-state index in [2.05, 4.69) is 0 Å². The summed E-state index contributed by atoms with van der Waals surface area (Å²) in [7, 11) is 4.45. The van der Waals surface area contributed by atoms with Crippen LogP contribution in [0.4, 0.5) is 0 Å². The largest absolute Gasteiger partial charge is 0.493 e. The molecule has 1 rings (SSSR count). The molecule has 0 aliphatic rings. The van der Waals surface area contributed by atoms with Crippen molar-refractivity contribution in [2.75, 3.05) is 34.5 Å². The van der Waals surface area contributed by atoms with Crippen molar-refractivity contribution < 1.29 is 33.3 Å². The molecule has 1 aromatic carbocycles. The molecule has 0 radical (unpaired) electrons. The molecule has 0 atom stereocenters. The fourth-order valence-electron chi connectivity index (χ4n) is 2.36. The number of carbonyl (C=O) groups excluding carboxylic acids is 2. The molecule has 0 bridgehead atoms. The number of carbonyl (C=O) groups is 1. The second kappa shape index (κ2) is 10.8. The fraction of sp³-hybridized carbons (Fsp3) is 0.421. The molecule has 0 saturated heterocycles. The Hall–Kier alpha value is -2.92. The average Bonchev–Trinajstić information content (AvgIpc) is 2.65. The molecule has 0 fully saturated rings. The molecule has 0 aliphatic carbocycles. The van der Waals surface area contributed by atoms with Crippen LogP contribution in [0.2, 0.25) is 0 Å². The lowest BCUT2D eigenvalue weighted by molar-refractivity contribution is -0.137. The number of ether oxygens (including phenoxy) is 5. The fourth-order valence-corrected chi connectivity index (χ4v) is 2.36. The lowest BCUT2D eigenvalue weighted by atomic mass is 10.0. The molecule has 0 unspecified atom stereocenters. The molecule has 0 amide bonds. The smallest absolute Gasteiger partial charge is 0.330 e. The molecule has 0 aliphatic heterocycles. The zero-order valence-electron chi connectivity index (χ0n) is 15.7. The van der Waals surface area contributed by atoms with E-state index in [1.165, 1.54) is 27.4 Å². The van der Waals surface area contributed by atoms with E-state index in [0.717, 1.165) is 0 Å². The Bertz CT molecular complexity index is 700. The highest BCUT2D eigenvalue weighted by Gasteiger charge is 2.20. The van der Waals surface area contributed by atoms with Gasteiger partial charge in [0.1, 0.15) is 0 Å².